The Morgan fingerprint density at radius 2 is 1.42 bits per heavy atom. The first-order chi connectivity index (χ1) is 12.2. The minimum atomic E-state index is -0.947. The third-order valence-corrected chi connectivity index (χ3v) is 3.58. The fraction of sp³-hybridized carbons (Fsp3) is 0.842. The molecular formula is C19H37N3O4. The number of hydrogen-bond acceptors (Lipinski definition) is 4. The molecule has 1 atom stereocenters. The first kappa shape index (κ1) is 24.2. The molecule has 0 saturated heterocycles. The van der Waals surface area contributed by atoms with Gasteiger partial charge in [0.1, 0.15) is 11.6 Å². The summed E-state index contributed by atoms with van der Waals surface area (Å²) in [7, 11) is 0. The molecule has 3 N–H and O–H groups in total. The summed E-state index contributed by atoms with van der Waals surface area (Å²) in [5, 5.41) is 8.08. The Kier molecular flexibility index (Phi) is 12.5. The molecule has 0 saturated carbocycles. The number of alkyl carbamates (subject to hydrolysis) is 1. The first-order valence-corrected chi connectivity index (χ1v) is 9.73. The van der Waals surface area contributed by atoms with Crippen LogP contribution in [0.25, 0.3) is 0 Å². The fourth-order valence-electron chi connectivity index (χ4n) is 2.23. The molecule has 26 heavy (non-hydrogen) atoms. The average molecular weight is 372 g/mol. The highest BCUT2D eigenvalue weighted by Gasteiger charge is 2.26. The molecule has 0 aromatic rings. The van der Waals surface area contributed by atoms with Gasteiger partial charge in [-0.3, -0.25) is 9.59 Å². The van der Waals surface area contributed by atoms with Gasteiger partial charge in [0, 0.05) is 13.1 Å². The zero-order chi connectivity index (χ0) is 20.0. The third kappa shape index (κ3) is 13.5. The molecule has 3 amide bonds. The van der Waals surface area contributed by atoms with E-state index in [0.717, 1.165) is 38.5 Å². The number of carbonyl (C=O) groups excluding carboxylic acids is 3. The molecule has 7 nitrogen and oxygen atoms in total. The van der Waals surface area contributed by atoms with Crippen molar-refractivity contribution in [3.05, 3.63) is 0 Å². The summed E-state index contributed by atoms with van der Waals surface area (Å²) in [6, 6.07) is -0.947. The topological polar surface area (TPSA) is 96.5 Å². The predicted octanol–water partition coefficient (Wildman–Crippen LogP) is 2.88. The molecule has 152 valence electrons. The molecule has 0 aromatic heterocycles. The Hall–Kier alpha value is -1.79. The van der Waals surface area contributed by atoms with Crippen LogP contribution >= 0.6 is 0 Å². The van der Waals surface area contributed by atoms with Crippen molar-refractivity contribution >= 4 is 17.9 Å². The molecule has 0 bridgehead atoms. The number of rotatable bonds is 12. The van der Waals surface area contributed by atoms with Gasteiger partial charge in [-0.15, -0.1) is 0 Å². The minimum absolute atomic E-state index is 0.106. The van der Waals surface area contributed by atoms with Gasteiger partial charge >= 0.3 is 6.09 Å². The maximum absolute atomic E-state index is 12.4. The Morgan fingerprint density at radius 1 is 0.885 bits per heavy atom. The van der Waals surface area contributed by atoms with E-state index in [0.29, 0.717) is 13.1 Å². The van der Waals surface area contributed by atoms with Crippen molar-refractivity contribution in [2.45, 2.75) is 91.2 Å². The lowest BCUT2D eigenvalue weighted by Gasteiger charge is -2.23. The Bertz CT molecular complexity index is 433. The summed E-state index contributed by atoms with van der Waals surface area (Å²) in [6.07, 6.45) is 5.13. The maximum Gasteiger partial charge on any atom is 0.408 e. The van der Waals surface area contributed by atoms with Crippen LogP contribution in [-0.4, -0.2) is 42.6 Å². The quantitative estimate of drug-likeness (QED) is 0.460. The summed E-state index contributed by atoms with van der Waals surface area (Å²) in [6.45, 7) is 10.5. The van der Waals surface area contributed by atoms with Crippen molar-refractivity contribution in [3.63, 3.8) is 0 Å². The van der Waals surface area contributed by atoms with Gasteiger partial charge in [-0.1, -0.05) is 39.5 Å². The van der Waals surface area contributed by atoms with E-state index in [-0.39, 0.29) is 18.2 Å². The molecule has 0 aliphatic carbocycles. The van der Waals surface area contributed by atoms with E-state index >= 15 is 0 Å². The van der Waals surface area contributed by atoms with Crippen molar-refractivity contribution in [1.82, 2.24) is 16.0 Å². The largest absolute Gasteiger partial charge is 0.444 e. The van der Waals surface area contributed by atoms with E-state index in [1.165, 1.54) is 0 Å². The molecule has 0 spiro atoms. The Morgan fingerprint density at radius 3 is 1.92 bits per heavy atom. The highest BCUT2D eigenvalue weighted by atomic mass is 16.6. The van der Waals surface area contributed by atoms with Crippen molar-refractivity contribution in [2.24, 2.45) is 0 Å². The lowest BCUT2D eigenvalue weighted by Crippen LogP contribution is -2.50. The van der Waals surface area contributed by atoms with Crippen molar-refractivity contribution < 1.29 is 19.1 Å². The smallest absolute Gasteiger partial charge is 0.408 e. The molecule has 0 aliphatic rings. The molecule has 7 heteroatoms. The number of carbonyl (C=O) groups is 3. The molecule has 0 rings (SSSR count). The summed E-state index contributed by atoms with van der Waals surface area (Å²) in [5.74, 6) is -0.624. The second-order valence-corrected chi connectivity index (χ2v) is 7.46. The van der Waals surface area contributed by atoms with Crippen molar-refractivity contribution in [2.75, 3.05) is 13.1 Å². The predicted molar refractivity (Wildman–Crippen MR) is 103 cm³/mol. The van der Waals surface area contributed by atoms with Gasteiger partial charge in [0.15, 0.2) is 0 Å². The van der Waals surface area contributed by atoms with Gasteiger partial charge in [0.25, 0.3) is 0 Å². The second kappa shape index (κ2) is 13.4. The van der Waals surface area contributed by atoms with Crippen LogP contribution in [0.1, 0.15) is 79.6 Å². The number of nitrogens with one attached hydrogen (secondary N) is 3. The molecule has 0 fully saturated rings. The number of amides is 3. The molecule has 0 aliphatic heterocycles. The third-order valence-electron chi connectivity index (χ3n) is 3.58. The van der Waals surface area contributed by atoms with E-state index in [4.69, 9.17) is 4.74 Å². The van der Waals surface area contributed by atoms with Crippen molar-refractivity contribution in [1.29, 1.82) is 0 Å². The van der Waals surface area contributed by atoms with Crippen LogP contribution in [0.5, 0.6) is 0 Å². The zero-order valence-corrected chi connectivity index (χ0v) is 17.1. The fourth-order valence-corrected chi connectivity index (χ4v) is 2.23. The monoisotopic (exact) mass is 371 g/mol. The van der Waals surface area contributed by atoms with Crippen molar-refractivity contribution in [3.8, 4) is 0 Å². The van der Waals surface area contributed by atoms with Gasteiger partial charge in [-0.05, 0) is 33.6 Å². The summed E-state index contributed by atoms with van der Waals surface area (Å²) < 4.78 is 5.19. The van der Waals surface area contributed by atoms with E-state index < -0.39 is 17.7 Å². The summed E-state index contributed by atoms with van der Waals surface area (Å²) in [4.78, 5) is 36.4. The van der Waals surface area contributed by atoms with E-state index in [2.05, 4.69) is 29.8 Å². The highest BCUT2D eigenvalue weighted by molar-refractivity contribution is 5.90. The molecule has 0 radical (unpaired) electrons. The van der Waals surface area contributed by atoms with Gasteiger partial charge in [0.2, 0.25) is 11.8 Å². The molecule has 0 aromatic carbocycles. The highest BCUT2D eigenvalue weighted by Crippen LogP contribution is 2.07. The summed E-state index contributed by atoms with van der Waals surface area (Å²) in [5.41, 5.74) is -0.672. The SMILES string of the molecule is CCCCCNC(=O)CC(NC(=O)OC(C)(C)C)C(=O)NCCCCC. The van der Waals surface area contributed by atoms with E-state index in [1.807, 2.05) is 0 Å². The van der Waals surface area contributed by atoms with Crippen LogP contribution in [-0.2, 0) is 14.3 Å². The Labute approximate surface area is 158 Å². The van der Waals surface area contributed by atoms with Crippen LogP contribution in [0.4, 0.5) is 4.79 Å². The van der Waals surface area contributed by atoms with Crippen LogP contribution < -0.4 is 16.0 Å². The van der Waals surface area contributed by atoms with Gasteiger partial charge < -0.3 is 20.7 Å². The molecule has 0 heterocycles. The van der Waals surface area contributed by atoms with Crippen LogP contribution in [0.3, 0.4) is 0 Å². The van der Waals surface area contributed by atoms with Gasteiger partial charge in [-0.2, -0.15) is 0 Å². The van der Waals surface area contributed by atoms with E-state index in [9.17, 15) is 14.4 Å². The average Bonchev–Trinajstić information content (AvgIpc) is 2.53. The Balaban J connectivity index is 4.63. The zero-order valence-electron chi connectivity index (χ0n) is 17.1. The molecular weight excluding hydrogens is 334 g/mol. The number of unbranched alkanes of at least 4 members (excludes halogenated alkanes) is 4. The van der Waals surface area contributed by atoms with E-state index in [1.54, 1.807) is 20.8 Å². The molecule has 1 unspecified atom stereocenters. The minimum Gasteiger partial charge on any atom is -0.444 e. The summed E-state index contributed by atoms with van der Waals surface area (Å²) >= 11 is 0. The maximum atomic E-state index is 12.4. The number of ether oxygens (including phenoxy) is 1. The van der Waals surface area contributed by atoms with Crippen LogP contribution in [0, 0.1) is 0 Å². The van der Waals surface area contributed by atoms with Gasteiger partial charge in [0.05, 0.1) is 6.42 Å². The lowest BCUT2D eigenvalue weighted by molar-refractivity contribution is -0.128. The first-order valence-electron chi connectivity index (χ1n) is 9.73. The second-order valence-electron chi connectivity index (χ2n) is 7.46. The number of hydrogen-bond donors (Lipinski definition) is 3. The normalized spacial score (nSPS) is 12.2. The standard InChI is InChI=1S/C19H37N3O4/c1-6-8-10-12-20-16(23)14-15(17(24)21-13-11-9-7-2)22-18(25)26-19(3,4)5/h15H,6-14H2,1-5H3,(H,20,23)(H,21,24)(H,22,25). The van der Waals surface area contributed by atoms with Crippen LogP contribution in [0.2, 0.25) is 0 Å². The lowest BCUT2D eigenvalue weighted by atomic mass is 10.1. The van der Waals surface area contributed by atoms with Crippen LogP contribution in [0.15, 0.2) is 0 Å². The van der Waals surface area contributed by atoms with Gasteiger partial charge in [-0.25, -0.2) is 4.79 Å².